The van der Waals surface area contributed by atoms with E-state index in [0.29, 0.717) is 19.0 Å². The number of nitrogens with one attached hydrogen (secondary N) is 2. The van der Waals surface area contributed by atoms with E-state index in [2.05, 4.69) is 73.9 Å². The number of aromatic nitrogens is 1. The average Bonchev–Trinajstić information content (AvgIpc) is 2.76. The van der Waals surface area contributed by atoms with Crippen LogP contribution in [-0.2, 0) is 28.9 Å². The molecule has 0 saturated heterocycles. The van der Waals surface area contributed by atoms with Gasteiger partial charge in [0, 0.05) is 36.7 Å². The lowest BCUT2D eigenvalue weighted by Gasteiger charge is -2.22. The number of hydrogen-bond donors (Lipinski definition) is 2. The Morgan fingerprint density at radius 2 is 1.72 bits per heavy atom. The molecular formula is C30H39N3O3. The molecular weight excluding hydrogens is 450 g/mol. The molecule has 0 spiro atoms. The third-order valence-corrected chi connectivity index (χ3v) is 5.77. The molecule has 0 radical (unpaired) electrons. The summed E-state index contributed by atoms with van der Waals surface area (Å²) in [6, 6.07) is 14.8. The molecule has 36 heavy (non-hydrogen) atoms. The van der Waals surface area contributed by atoms with Crippen LogP contribution in [0.25, 0.3) is 22.0 Å². The zero-order chi connectivity index (χ0) is 26.5. The number of benzene rings is 2. The summed E-state index contributed by atoms with van der Waals surface area (Å²) in [7, 11) is 0. The number of amides is 2. The van der Waals surface area contributed by atoms with E-state index in [4.69, 9.17) is 9.72 Å². The van der Waals surface area contributed by atoms with Gasteiger partial charge in [-0.05, 0) is 75.3 Å². The molecule has 1 aromatic heterocycles. The summed E-state index contributed by atoms with van der Waals surface area (Å²) in [5.74, 6) is 0.365. The lowest BCUT2D eigenvalue weighted by atomic mass is 9.90. The summed E-state index contributed by atoms with van der Waals surface area (Å²) in [4.78, 5) is 29.0. The van der Waals surface area contributed by atoms with Crippen molar-refractivity contribution in [2.75, 3.05) is 6.54 Å². The van der Waals surface area contributed by atoms with E-state index in [1.54, 1.807) is 0 Å². The first-order chi connectivity index (χ1) is 16.9. The largest absolute Gasteiger partial charge is 0.444 e. The van der Waals surface area contributed by atoms with Crippen molar-refractivity contribution < 1.29 is 14.3 Å². The lowest BCUT2D eigenvalue weighted by Crippen LogP contribution is -2.32. The summed E-state index contributed by atoms with van der Waals surface area (Å²) < 4.78 is 5.51. The van der Waals surface area contributed by atoms with Gasteiger partial charge in [-0.3, -0.25) is 9.78 Å². The zero-order valence-electron chi connectivity index (χ0n) is 22.6. The number of aryl methyl sites for hydroxylation is 1. The van der Waals surface area contributed by atoms with E-state index in [9.17, 15) is 9.59 Å². The van der Waals surface area contributed by atoms with Crippen molar-refractivity contribution in [2.24, 2.45) is 5.92 Å². The minimum Gasteiger partial charge on any atom is -0.444 e. The third-order valence-electron chi connectivity index (χ3n) is 5.77. The summed E-state index contributed by atoms with van der Waals surface area (Å²) in [5.41, 5.74) is 6.80. The van der Waals surface area contributed by atoms with Crippen LogP contribution >= 0.6 is 0 Å². The Labute approximate surface area is 214 Å². The van der Waals surface area contributed by atoms with Crippen molar-refractivity contribution in [3.8, 4) is 11.1 Å². The molecule has 192 valence electrons. The number of pyridine rings is 1. The van der Waals surface area contributed by atoms with Crippen molar-refractivity contribution in [3.05, 3.63) is 64.8 Å². The Kier molecular flexibility index (Phi) is 8.72. The topological polar surface area (TPSA) is 80.3 Å². The minimum absolute atomic E-state index is 0.0355. The van der Waals surface area contributed by atoms with Crippen molar-refractivity contribution in [1.29, 1.82) is 0 Å². The number of rotatable bonds is 8. The molecule has 2 N–H and O–H groups in total. The highest BCUT2D eigenvalue weighted by Crippen LogP contribution is 2.35. The molecule has 0 saturated carbocycles. The van der Waals surface area contributed by atoms with Gasteiger partial charge in [0.25, 0.3) is 0 Å². The van der Waals surface area contributed by atoms with Crippen LogP contribution < -0.4 is 10.6 Å². The number of alkyl carbamates (subject to hydrolysis) is 1. The van der Waals surface area contributed by atoms with E-state index in [1.165, 1.54) is 12.5 Å². The van der Waals surface area contributed by atoms with E-state index < -0.39 is 11.7 Å². The van der Waals surface area contributed by atoms with Crippen molar-refractivity contribution in [2.45, 2.75) is 73.5 Å². The molecule has 0 atom stereocenters. The first kappa shape index (κ1) is 27.2. The van der Waals surface area contributed by atoms with Crippen LogP contribution in [0.2, 0.25) is 0 Å². The summed E-state index contributed by atoms with van der Waals surface area (Å²) in [5, 5.41) is 6.88. The van der Waals surface area contributed by atoms with Gasteiger partial charge in [0.05, 0.1) is 5.52 Å². The molecule has 3 rings (SSSR count). The molecule has 0 aliphatic rings. The summed E-state index contributed by atoms with van der Waals surface area (Å²) >= 11 is 0. The fraction of sp³-hybridized carbons (Fsp3) is 0.433. The van der Waals surface area contributed by atoms with Crippen LogP contribution in [0.4, 0.5) is 4.79 Å². The Morgan fingerprint density at radius 3 is 2.33 bits per heavy atom. The summed E-state index contributed by atoms with van der Waals surface area (Å²) in [6.07, 6.45) is 1.07. The van der Waals surface area contributed by atoms with E-state index in [0.717, 1.165) is 51.7 Å². The minimum atomic E-state index is -0.574. The fourth-order valence-electron chi connectivity index (χ4n) is 4.21. The standard InChI is InChI=1S/C30H39N3O3/c1-19(2)16-27-25(18-32-29(35)36-30(5,6)7)28(23-11-8-20(3)9-12-23)24-17-22(10-13-26(24)33-27)14-15-31-21(4)34/h8-13,17,19H,14-16,18H2,1-7H3,(H,31,34)(H,32,35). The predicted molar refractivity (Wildman–Crippen MR) is 146 cm³/mol. The second-order valence-corrected chi connectivity index (χ2v) is 10.8. The van der Waals surface area contributed by atoms with Gasteiger partial charge in [0.1, 0.15) is 5.60 Å². The normalized spacial score (nSPS) is 11.6. The maximum atomic E-state index is 12.6. The molecule has 0 aliphatic heterocycles. The second-order valence-electron chi connectivity index (χ2n) is 10.8. The van der Waals surface area contributed by atoms with Crippen LogP contribution in [0.15, 0.2) is 42.5 Å². The smallest absolute Gasteiger partial charge is 0.407 e. The summed E-state index contributed by atoms with van der Waals surface area (Å²) in [6.45, 7) is 14.4. The van der Waals surface area contributed by atoms with E-state index in [1.807, 2.05) is 20.8 Å². The quantitative estimate of drug-likeness (QED) is 0.400. The SMILES string of the molecule is CC(=O)NCCc1ccc2nc(CC(C)C)c(CNC(=O)OC(C)(C)C)c(-c3ccc(C)cc3)c2c1. The van der Waals surface area contributed by atoms with Crippen molar-refractivity contribution in [1.82, 2.24) is 15.6 Å². The highest BCUT2D eigenvalue weighted by molar-refractivity contribution is 5.97. The number of carbonyl (C=O) groups excluding carboxylic acids is 2. The van der Waals surface area contributed by atoms with Crippen molar-refractivity contribution >= 4 is 22.9 Å². The number of fused-ring (bicyclic) bond motifs is 1. The predicted octanol–water partition coefficient (Wildman–Crippen LogP) is 6.11. The maximum absolute atomic E-state index is 12.6. The number of nitrogens with zero attached hydrogens (tertiary/aromatic N) is 1. The van der Waals surface area contributed by atoms with Crippen LogP contribution in [0, 0.1) is 12.8 Å². The first-order valence-corrected chi connectivity index (χ1v) is 12.7. The van der Waals surface area contributed by atoms with Crippen LogP contribution in [0.5, 0.6) is 0 Å². The molecule has 6 heteroatoms. The molecule has 6 nitrogen and oxygen atoms in total. The molecule has 0 unspecified atom stereocenters. The van der Waals surface area contributed by atoms with Gasteiger partial charge in [-0.2, -0.15) is 0 Å². The first-order valence-electron chi connectivity index (χ1n) is 12.7. The molecule has 2 amide bonds. The monoisotopic (exact) mass is 489 g/mol. The molecule has 2 aromatic carbocycles. The highest BCUT2D eigenvalue weighted by Gasteiger charge is 2.21. The Morgan fingerprint density at radius 1 is 1.03 bits per heavy atom. The van der Waals surface area contributed by atoms with E-state index >= 15 is 0 Å². The van der Waals surface area contributed by atoms with Gasteiger partial charge >= 0.3 is 6.09 Å². The molecule has 0 aliphatic carbocycles. The average molecular weight is 490 g/mol. The van der Waals surface area contributed by atoms with Gasteiger partial charge in [-0.15, -0.1) is 0 Å². The number of hydrogen-bond acceptors (Lipinski definition) is 4. The van der Waals surface area contributed by atoms with Crippen LogP contribution in [0.3, 0.4) is 0 Å². The zero-order valence-corrected chi connectivity index (χ0v) is 22.6. The van der Waals surface area contributed by atoms with Gasteiger partial charge in [0.15, 0.2) is 0 Å². The molecule has 0 bridgehead atoms. The van der Waals surface area contributed by atoms with E-state index in [-0.39, 0.29) is 5.91 Å². The van der Waals surface area contributed by atoms with Crippen LogP contribution in [-0.4, -0.2) is 29.1 Å². The molecule has 3 aromatic rings. The number of carbonyl (C=O) groups is 2. The van der Waals surface area contributed by atoms with Gasteiger partial charge in [0.2, 0.25) is 5.91 Å². The molecule has 1 heterocycles. The van der Waals surface area contributed by atoms with Gasteiger partial charge < -0.3 is 15.4 Å². The number of ether oxygens (including phenoxy) is 1. The Balaban J connectivity index is 2.16. The highest BCUT2D eigenvalue weighted by atomic mass is 16.6. The van der Waals surface area contributed by atoms with Crippen LogP contribution in [0.1, 0.15) is 63.9 Å². The third kappa shape index (κ3) is 7.54. The second kappa shape index (κ2) is 11.5. The van der Waals surface area contributed by atoms with Crippen molar-refractivity contribution in [3.63, 3.8) is 0 Å². The fourth-order valence-corrected chi connectivity index (χ4v) is 4.21. The molecule has 0 fully saturated rings. The lowest BCUT2D eigenvalue weighted by molar-refractivity contribution is -0.118. The maximum Gasteiger partial charge on any atom is 0.407 e. The Bertz CT molecular complexity index is 1220. The van der Waals surface area contributed by atoms with Gasteiger partial charge in [-0.25, -0.2) is 4.79 Å². The van der Waals surface area contributed by atoms with Gasteiger partial charge in [-0.1, -0.05) is 49.7 Å². The Hall–Kier alpha value is -3.41.